The average molecular weight is 183 g/mol. The number of nitrogens with zero attached hydrogens (tertiary/aromatic N) is 2. The SMILES string of the molecule is ClCCCN=Cc1ccncc1. The molecule has 0 N–H and O–H groups in total. The van der Waals surface area contributed by atoms with E-state index < -0.39 is 0 Å². The molecule has 0 saturated heterocycles. The van der Waals surface area contributed by atoms with Crippen LogP contribution in [0, 0.1) is 0 Å². The molecule has 0 aromatic carbocycles. The van der Waals surface area contributed by atoms with Gasteiger partial charge in [0.1, 0.15) is 0 Å². The molecule has 1 aromatic heterocycles. The maximum absolute atomic E-state index is 5.50. The molecule has 0 fully saturated rings. The number of hydrogen-bond donors (Lipinski definition) is 0. The highest BCUT2D eigenvalue weighted by atomic mass is 35.5. The molecule has 0 aliphatic rings. The number of aromatic nitrogens is 1. The maximum Gasteiger partial charge on any atom is 0.0400 e. The van der Waals surface area contributed by atoms with Crippen LogP contribution < -0.4 is 0 Å². The van der Waals surface area contributed by atoms with Gasteiger partial charge in [-0.15, -0.1) is 11.6 Å². The zero-order valence-corrected chi connectivity index (χ0v) is 7.54. The number of rotatable bonds is 4. The zero-order valence-electron chi connectivity index (χ0n) is 6.78. The average Bonchev–Trinajstić information content (AvgIpc) is 2.14. The summed E-state index contributed by atoms with van der Waals surface area (Å²) in [5.41, 5.74) is 1.08. The summed E-state index contributed by atoms with van der Waals surface area (Å²) in [5, 5.41) is 0. The van der Waals surface area contributed by atoms with Gasteiger partial charge in [-0.05, 0) is 24.1 Å². The zero-order chi connectivity index (χ0) is 8.65. The van der Waals surface area contributed by atoms with Gasteiger partial charge in [0, 0.05) is 31.0 Å². The van der Waals surface area contributed by atoms with Crippen molar-refractivity contribution in [2.45, 2.75) is 6.42 Å². The van der Waals surface area contributed by atoms with E-state index in [1.165, 1.54) is 0 Å². The second-order valence-corrected chi connectivity index (χ2v) is 2.74. The van der Waals surface area contributed by atoms with E-state index in [2.05, 4.69) is 9.98 Å². The fourth-order valence-corrected chi connectivity index (χ4v) is 0.890. The summed E-state index contributed by atoms with van der Waals surface area (Å²) in [6.07, 6.45) is 6.28. The number of hydrogen-bond acceptors (Lipinski definition) is 2. The van der Waals surface area contributed by atoms with Gasteiger partial charge in [0.2, 0.25) is 0 Å². The molecule has 0 saturated carbocycles. The van der Waals surface area contributed by atoms with Crippen molar-refractivity contribution in [3.05, 3.63) is 30.1 Å². The first kappa shape index (κ1) is 9.20. The summed E-state index contributed by atoms with van der Waals surface area (Å²) in [4.78, 5) is 8.10. The second kappa shape index (κ2) is 5.72. The minimum Gasteiger partial charge on any atom is -0.293 e. The van der Waals surface area contributed by atoms with Crippen LogP contribution in [-0.2, 0) is 0 Å². The number of alkyl halides is 1. The van der Waals surface area contributed by atoms with Gasteiger partial charge in [0.25, 0.3) is 0 Å². The lowest BCUT2D eigenvalue weighted by molar-refractivity contribution is 0.943. The van der Waals surface area contributed by atoms with E-state index in [0.29, 0.717) is 5.88 Å². The highest BCUT2D eigenvalue weighted by Gasteiger charge is 1.83. The Kier molecular flexibility index (Phi) is 4.39. The summed E-state index contributed by atoms with van der Waals surface area (Å²) in [5.74, 6) is 0.674. The highest BCUT2D eigenvalue weighted by Crippen LogP contribution is 1.92. The maximum atomic E-state index is 5.50. The Morgan fingerprint density at radius 1 is 1.42 bits per heavy atom. The number of aliphatic imine (C=N–C) groups is 1. The van der Waals surface area contributed by atoms with Crippen LogP contribution >= 0.6 is 11.6 Å². The molecule has 0 bridgehead atoms. The highest BCUT2D eigenvalue weighted by molar-refractivity contribution is 6.17. The molecule has 0 atom stereocenters. The van der Waals surface area contributed by atoms with E-state index >= 15 is 0 Å². The first-order chi connectivity index (χ1) is 5.93. The van der Waals surface area contributed by atoms with E-state index in [1.807, 2.05) is 18.3 Å². The minimum atomic E-state index is 0.674. The quantitative estimate of drug-likeness (QED) is 0.398. The van der Waals surface area contributed by atoms with Crippen LogP contribution in [0.1, 0.15) is 12.0 Å². The van der Waals surface area contributed by atoms with E-state index in [4.69, 9.17) is 11.6 Å². The predicted molar refractivity (Wildman–Crippen MR) is 52.0 cm³/mol. The van der Waals surface area contributed by atoms with E-state index in [0.717, 1.165) is 18.5 Å². The van der Waals surface area contributed by atoms with Gasteiger partial charge < -0.3 is 0 Å². The molecule has 0 aliphatic heterocycles. The van der Waals surface area contributed by atoms with Crippen LogP contribution in [0.15, 0.2) is 29.5 Å². The Morgan fingerprint density at radius 3 is 2.83 bits per heavy atom. The molecule has 0 spiro atoms. The van der Waals surface area contributed by atoms with Crippen LogP contribution in [0.3, 0.4) is 0 Å². The molecule has 1 aromatic rings. The minimum absolute atomic E-state index is 0.674. The summed E-state index contributed by atoms with van der Waals surface area (Å²) in [7, 11) is 0. The lowest BCUT2D eigenvalue weighted by Crippen LogP contribution is -1.85. The van der Waals surface area contributed by atoms with Gasteiger partial charge in [-0.1, -0.05) is 0 Å². The molecule has 2 nitrogen and oxygen atoms in total. The van der Waals surface area contributed by atoms with Crippen molar-refractivity contribution in [1.29, 1.82) is 0 Å². The molecule has 3 heteroatoms. The molecular weight excluding hydrogens is 172 g/mol. The monoisotopic (exact) mass is 182 g/mol. The smallest absolute Gasteiger partial charge is 0.0400 e. The lowest BCUT2D eigenvalue weighted by atomic mass is 10.3. The van der Waals surface area contributed by atoms with Crippen LogP contribution in [0.4, 0.5) is 0 Å². The number of pyridine rings is 1. The third-order valence-electron chi connectivity index (χ3n) is 1.37. The largest absolute Gasteiger partial charge is 0.293 e. The Morgan fingerprint density at radius 2 is 2.17 bits per heavy atom. The summed E-state index contributed by atoms with van der Waals surface area (Å²) in [6.45, 7) is 0.797. The van der Waals surface area contributed by atoms with E-state index in [-0.39, 0.29) is 0 Å². The fourth-order valence-electron chi connectivity index (χ4n) is 0.771. The van der Waals surface area contributed by atoms with Crippen molar-refractivity contribution in [1.82, 2.24) is 4.98 Å². The Hall–Kier alpha value is -0.890. The van der Waals surface area contributed by atoms with Gasteiger partial charge in [-0.2, -0.15) is 0 Å². The van der Waals surface area contributed by atoms with E-state index in [9.17, 15) is 0 Å². The molecule has 1 rings (SSSR count). The van der Waals surface area contributed by atoms with Crippen LogP contribution in [0.25, 0.3) is 0 Å². The van der Waals surface area contributed by atoms with Gasteiger partial charge >= 0.3 is 0 Å². The lowest BCUT2D eigenvalue weighted by Gasteiger charge is -1.90. The van der Waals surface area contributed by atoms with Gasteiger partial charge in [-0.3, -0.25) is 9.98 Å². The van der Waals surface area contributed by atoms with Gasteiger partial charge in [0.05, 0.1) is 0 Å². The molecule has 1 heterocycles. The summed E-state index contributed by atoms with van der Waals surface area (Å²) < 4.78 is 0. The first-order valence-corrected chi connectivity index (χ1v) is 4.43. The van der Waals surface area contributed by atoms with Crippen LogP contribution in [0.2, 0.25) is 0 Å². The van der Waals surface area contributed by atoms with Crippen molar-refractivity contribution in [2.75, 3.05) is 12.4 Å². The molecule has 0 amide bonds. The topological polar surface area (TPSA) is 25.2 Å². The molecule has 0 unspecified atom stereocenters. The molecule has 0 aliphatic carbocycles. The predicted octanol–water partition coefficient (Wildman–Crippen LogP) is 2.13. The van der Waals surface area contributed by atoms with Crippen molar-refractivity contribution < 1.29 is 0 Å². The van der Waals surface area contributed by atoms with Gasteiger partial charge in [-0.25, -0.2) is 0 Å². The summed E-state index contributed by atoms with van der Waals surface area (Å²) >= 11 is 5.50. The van der Waals surface area contributed by atoms with Gasteiger partial charge in [0.15, 0.2) is 0 Å². The summed E-state index contributed by atoms with van der Waals surface area (Å²) in [6, 6.07) is 3.84. The molecule has 0 radical (unpaired) electrons. The van der Waals surface area contributed by atoms with Crippen molar-refractivity contribution in [2.24, 2.45) is 4.99 Å². The third kappa shape index (κ3) is 3.49. The second-order valence-electron chi connectivity index (χ2n) is 2.36. The standard InChI is InChI=1S/C9H11ClN2/c10-4-1-5-12-8-9-2-6-11-7-3-9/h2-3,6-8H,1,4-5H2. The third-order valence-corrected chi connectivity index (χ3v) is 1.63. The normalized spacial score (nSPS) is 10.8. The van der Waals surface area contributed by atoms with Crippen molar-refractivity contribution in [3.63, 3.8) is 0 Å². The van der Waals surface area contributed by atoms with Crippen molar-refractivity contribution >= 4 is 17.8 Å². The van der Waals surface area contributed by atoms with Crippen LogP contribution in [0.5, 0.6) is 0 Å². The Labute approximate surface area is 77.3 Å². The van der Waals surface area contributed by atoms with E-state index in [1.54, 1.807) is 12.4 Å². The fraction of sp³-hybridized carbons (Fsp3) is 0.333. The number of halogens is 1. The molecule has 64 valence electrons. The molecule has 12 heavy (non-hydrogen) atoms. The first-order valence-electron chi connectivity index (χ1n) is 3.89. The Balaban J connectivity index is 2.36. The van der Waals surface area contributed by atoms with Crippen LogP contribution in [-0.4, -0.2) is 23.6 Å². The molecular formula is C9H11ClN2. The van der Waals surface area contributed by atoms with Crippen molar-refractivity contribution in [3.8, 4) is 0 Å². The Bertz CT molecular complexity index is 234.